The number of anilines is 2. The number of phenols is 1. The predicted octanol–water partition coefficient (Wildman–Crippen LogP) is 5.65. The molecular formula is C26H21F3N4O4S. The molecule has 0 radical (unpaired) electrons. The number of nitrogens with zero attached hydrogens (tertiary/aromatic N) is 3. The minimum absolute atomic E-state index is 0.0115. The molecule has 5 rings (SSSR count). The first-order valence-electron chi connectivity index (χ1n) is 11.5. The Bertz CT molecular complexity index is 1560. The smallest absolute Gasteiger partial charge is 0.416 e. The zero-order chi connectivity index (χ0) is 27.2. The lowest BCUT2D eigenvalue weighted by molar-refractivity contribution is -0.137. The number of aromatic carboxylic acids is 1. The fourth-order valence-electron chi connectivity index (χ4n) is 4.57. The van der Waals surface area contributed by atoms with Crippen LogP contribution in [0.15, 0.2) is 48.8 Å². The van der Waals surface area contributed by atoms with Crippen molar-refractivity contribution in [3.05, 3.63) is 81.6 Å². The number of hydrogen-bond acceptors (Lipinski definition) is 8. The first-order chi connectivity index (χ1) is 18.0. The molecule has 3 heterocycles. The largest absolute Gasteiger partial charge is 0.507 e. The van der Waals surface area contributed by atoms with Crippen molar-refractivity contribution in [2.75, 3.05) is 5.32 Å². The van der Waals surface area contributed by atoms with Gasteiger partial charge in [-0.1, -0.05) is 6.07 Å². The van der Waals surface area contributed by atoms with Crippen molar-refractivity contribution >= 4 is 28.9 Å². The van der Waals surface area contributed by atoms with Crippen molar-refractivity contribution in [3.63, 3.8) is 0 Å². The third kappa shape index (κ3) is 4.68. The number of aryl methyl sites for hydroxylation is 1. The van der Waals surface area contributed by atoms with Crippen molar-refractivity contribution < 1.29 is 33.3 Å². The molecule has 4 aromatic rings. The number of carbonyl (C=O) groups is 1. The highest BCUT2D eigenvalue weighted by Gasteiger charge is 2.40. The number of aromatic nitrogens is 3. The van der Waals surface area contributed by atoms with Crippen molar-refractivity contribution in [1.82, 2.24) is 15.0 Å². The summed E-state index contributed by atoms with van der Waals surface area (Å²) in [4.78, 5) is 24.9. The highest BCUT2D eigenvalue weighted by molar-refractivity contribution is 7.15. The maximum atomic E-state index is 13.1. The number of carboxylic acids is 1. The van der Waals surface area contributed by atoms with Gasteiger partial charge >= 0.3 is 12.1 Å². The van der Waals surface area contributed by atoms with E-state index < -0.39 is 23.3 Å². The molecule has 0 saturated carbocycles. The van der Waals surface area contributed by atoms with E-state index in [-0.39, 0.29) is 22.9 Å². The molecule has 8 nitrogen and oxygen atoms in total. The maximum Gasteiger partial charge on any atom is 0.416 e. The lowest BCUT2D eigenvalue weighted by Crippen LogP contribution is -2.32. The van der Waals surface area contributed by atoms with E-state index in [0.29, 0.717) is 46.0 Å². The molecule has 3 aromatic heterocycles. The first kappa shape index (κ1) is 25.6. The summed E-state index contributed by atoms with van der Waals surface area (Å²) in [5.41, 5.74) is -0.534. The molecule has 0 saturated heterocycles. The molecule has 1 aromatic carbocycles. The Morgan fingerprint density at radius 2 is 1.92 bits per heavy atom. The SMILES string of the molecule is Cc1cc(Nc2cc(C(F)(F)F)ccn2)nc(-c2cnc(C3(O)CCCc4c3ccc(C(=O)O)c4O)s2)c1. The van der Waals surface area contributed by atoms with Crippen LogP contribution in [0.4, 0.5) is 24.8 Å². The molecule has 0 aliphatic heterocycles. The second-order valence-electron chi connectivity index (χ2n) is 9.00. The summed E-state index contributed by atoms with van der Waals surface area (Å²) in [6, 6.07) is 8.01. The van der Waals surface area contributed by atoms with Crippen LogP contribution < -0.4 is 5.32 Å². The van der Waals surface area contributed by atoms with Crippen LogP contribution in [0.1, 0.15) is 50.5 Å². The Hall–Kier alpha value is -4.03. The number of nitrogens with one attached hydrogen (secondary N) is 1. The van der Waals surface area contributed by atoms with Crippen LogP contribution in [0.3, 0.4) is 0 Å². The fraction of sp³-hybridized carbons (Fsp3) is 0.231. The Morgan fingerprint density at radius 1 is 1.13 bits per heavy atom. The van der Waals surface area contributed by atoms with Crippen LogP contribution in [0.2, 0.25) is 0 Å². The van der Waals surface area contributed by atoms with Crippen LogP contribution in [-0.4, -0.2) is 36.2 Å². The van der Waals surface area contributed by atoms with Crippen LogP contribution >= 0.6 is 11.3 Å². The van der Waals surface area contributed by atoms with Crippen molar-refractivity contribution in [2.24, 2.45) is 0 Å². The summed E-state index contributed by atoms with van der Waals surface area (Å²) in [6.07, 6.45) is -0.638. The molecule has 4 N–H and O–H groups in total. The molecule has 1 aliphatic carbocycles. The van der Waals surface area contributed by atoms with Crippen LogP contribution in [0.25, 0.3) is 10.6 Å². The van der Waals surface area contributed by atoms with E-state index >= 15 is 0 Å². The third-order valence-corrected chi connectivity index (χ3v) is 7.52. The van der Waals surface area contributed by atoms with Gasteiger partial charge in [-0.15, -0.1) is 11.3 Å². The van der Waals surface area contributed by atoms with E-state index in [1.165, 1.54) is 23.5 Å². The zero-order valence-electron chi connectivity index (χ0n) is 19.9. The normalized spacial score (nSPS) is 17.2. The van der Waals surface area contributed by atoms with Crippen molar-refractivity contribution in [1.29, 1.82) is 0 Å². The molecule has 1 atom stereocenters. The van der Waals surface area contributed by atoms with Crippen LogP contribution in [0.5, 0.6) is 5.75 Å². The number of fused-ring (bicyclic) bond motifs is 1. The van der Waals surface area contributed by atoms with E-state index in [1.54, 1.807) is 18.3 Å². The topological polar surface area (TPSA) is 128 Å². The molecule has 0 spiro atoms. The summed E-state index contributed by atoms with van der Waals surface area (Å²) in [5.74, 6) is -1.34. The highest BCUT2D eigenvalue weighted by atomic mass is 32.1. The number of aromatic hydroxyl groups is 1. The molecule has 0 bridgehead atoms. The number of rotatable bonds is 5. The third-order valence-electron chi connectivity index (χ3n) is 6.35. The summed E-state index contributed by atoms with van der Waals surface area (Å²) in [5, 5.41) is 34.7. The highest BCUT2D eigenvalue weighted by Crippen LogP contribution is 2.46. The Kier molecular flexibility index (Phi) is 6.32. The summed E-state index contributed by atoms with van der Waals surface area (Å²) in [6.45, 7) is 1.81. The number of thiazole rings is 1. The van der Waals surface area contributed by atoms with Gasteiger partial charge in [0.1, 0.15) is 33.6 Å². The molecule has 1 unspecified atom stereocenters. The van der Waals surface area contributed by atoms with Crippen LogP contribution in [-0.2, 0) is 18.2 Å². The monoisotopic (exact) mass is 542 g/mol. The Labute approximate surface area is 218 Å². The van der Waals surface area contributed by atoms with E-state index in [9.17, 15) is 33.3 Å². The average molecular weight is 543 g/mol. The summed E-state index contributed by atoms with van der Waals surface area (Å²) in [7, 11) is 0. The molecule has 0 fully saturated rings. The van der Waals surface area contributed by atoms with Crippen molar-refractivity contribution in [2.45, 2.75) is 38.0 Å². The molecule has 1 aliphatic rings. The van der Waals surface area contributed by atoms with Gasteiger partial charge in [0.05, 0.1) is 16.1 Å². The van der Waals surface area contributed by atoms with Gasteiger partial charge in [-0.05, 0) is 67.6 Å². The molecular weight excluding hydrogens is 521 g/mol. The van der Waals surface area contributed by atoms with Crippen LogP contribution in [0, 0.1) is 6.92 Å². The van der Waals surface area contributed by atoms with Gasteiger partial charge in [-0.2, -0.15) is 13.2 Å². The van der Waals surface area contributed by atoms with E-state index in [0.717, 1.165) is 23.9 Å². The quantitative estimate of drug-likeness (QED) is 0.255. The number of carboxylic acid groups (broad SMARTS) is 1. The number of hydrogen-bond donors (Lipinski definition) is 4. The molecule has 38 heavy (non-hydrogen) atoms. The van der Waals surface area contributed by atoms with Gasteiger partial charge in [-0.25, -0.2) is 19.7 Å². The van der Waals surface area contributed by atoms with Gasteiger partial charge in [-0.3, -0.25) is 0 Å². The van der Waals surface area contributed by atoms with Crippen molar-refractivity contribution in [3.8, 4) is 16.3 Å². The van der Waals surface area contributed by atoms with E-state index in [4.69, 9.17) is 0 Å². The second kappa shape index (κ2) is 9.37. The van der Waals surface area contributed by atoms with Gasteiger partial charge in [0, 0.05) is 18.0 Å². The number of aliphatic hydroxyl groups is 1. The van der Waals surface area contributed by atoms with E-state index in [2.05, 4.69) is 20.3 Å². The molecule has 196 valence electrons. The number of pyridine rings is 2. The Balaban J connectivity index is 1.48. The lowest BCUT2D eigenvalue weighted by Gasteiger charge is -2.33. The lowest BCUT2D eigenvalue weighted by atomic mass is 9.78. The van der Waals surface area contributed by atoms with Gasteiger partial charge in [0.25, 0.3) is 0 Å². The Morgan fingerprint density at radius 3 is 2.66 bits per heavy atom. The van der Waals surface area contributed by atoms with E-state index in [1.807, 2.05) is 6.92 Å². The minimum Gasteiger partial charge on any atom is -0.507 e. The van der Waals surface area contributed by atoms with Gasteiger partial charge in [0.2, 0.25) is 0 Å². The number of alkyl halides is 3. The minimum atomic E-state index is -4.51. The average Bonchev–Trinajstić information content (AvgIpc) is 3.35. The molecule has 0 amide bonds. The predicted molar refractivity (Wildman–Crippen MR) is 134 cm³/mol. The zero-order valence-corrected chi connectivity index (χ0v) is 20.7. The van der Waals surface area contributed by atoms with Gasteiger partial charge in [0.15, 0.2) is 0 Å². The standard InChI is InChI=1S/C26H21F3N4O4S/c1-13-9-18(32-21(10-13)33-20-11-14(6-8-30-20)26(27,28)29)19-12-31-24(38-19)25(37)7-2-3-15-17(25)5-4-16(22(15)34)23(35)36/h4-6,8-12,34,37H,2-3,7H2,1H3,(H,35,36)(H,30,32,33). The maximum absolute atomic E-state index is 13.1. The summed E-state index contributed by atoms with van der Waals surface area (Å²) < 4.78 is 39.2. The summed E-state index contributed by atoms with van der Waals surface area (Å²) >= 11 is 1.19. The first-order valence-corrected chi connectivity index (χ1v) is 12.3. The second-order valence-corrected chi connectivity index (χ2v) is 10.0. The fourth-order valence-corrected chi connectivity index (χ4v) is 5.58. The van der Waals surface area contributed by atoms with Gasteiger partial charge < -0.3 is 20.6 Å². The molecule has 12 heteroatoms. The number of halogens is 3. The number of benzene rings is 1.